The molecule has 4 aliphatic rings. The second-order valence-electron chi connectivity index (χ2n) is 8.46. The summed E-state index contributed by atoms with van der Waals surface area (Å²) in [5.74, 6) is 1.05. The molecule has 0 bridgehead atoms. The van der Waals surface area contributed by atoms with E-state index in [1.54, 1.807) is 0 Å². The number of hydrogen-bond donors (Lipinski definition) is 3. The van der Waals surface area contributed by atoms with E-state index in [1.165, 1.54) is 35.3 Å². The van der Waals surface area contributed by atoms with Gasteiger partial charge in [-0.15, -0.1) is 0 Å². The van der Waals surface area contributed by atoms with Gasteiger partial charge in [0, 0.05) is 54.6 Å². The van der Waals surface area contributed by atoms with Crippen molar-refractivity contribution in [3.63, 3.8) is 0 Å². The average molecular weight is 375 g/mol. The summed E-state index contributed by atoms with van der Waals surface area (Å²) >= 11 is 0. The van der Waals surface area contributed by atoms with Gasteiger partial charge in [-0.3, -0.25) is 9.58 Å². The predicted octanol–water partition coefficient (Wildman–Crippen LogP) is 1.86. The average Bonchev–Trinajstić information content (AvgIpc) is 3.50. The van der Waals surface area contributed by atoms with E-state index < -0.39 is 0 Å². The van der Waals surface area contributed by atoms with Crippen LogP contribution in [0.4, 0.5) is 0 Å². The van der Waals surface area contributed by atoms with Crippen LogP contribution >= 0.6 is 0 Å². The molecule has 0 aromatic carbocycles. The van der Waals surface area contributed by atoms with Crippen molar-refractivity contribution in [3.8, 4) is 0 Å². The highest BCUT2D eigenvalue weighted by Gasteiger charge is 2.45. The van der Waals surface area contributed by atoms with Crippen molar-refractivity contribution in [2.24, 2.45) is 0 Å². The van der Waals surface area contributed by atoms with E-state index in [-0.39, 0.29) is 11.6 Å². The van der Waals surface area contributed by atoms with E-state index in [0.717, 1.165) is 37.7 Å². The third kappa shape index (κ3) is 2.39. The minimum atomic E-state index is 0.203. The molecule has 2 atom stereocenters. The summed E-state index contributed by atoms with van der Waals surface area (Å²) in [6.07, 6.45) is 12.8. The number of nitrogens with one attached hydrogen (secondary N) is 3. The van der Waals surface area contributed by atoms with Crippen LogP contribution in [0.1, 0.15) is 37.0 Å². The zero-order chi connectivity index (χ0) is 18.7. The van der Waals surface area contributed by atoms with Crippen LogP contribution in [0.3, 0.4) is 0 Å². The number of allylic oxidation sites excluding steroid dienone is 2. The fourth-order valence-electron chi connectivity index (χ4n) is 5.18. The maximum atomic E-state index is 4.96. The number of hydrogen-bond acceptors (Lipinski definition) is 5. The Balaban J connectivity index is 1.26. The summed E-state index contributed by atoms with van der Waals surface area (Å²) < 4.78 is 2.24. The van der Waals surface area contributed by atoms with Gasteiger partial charge in [0.1, 0.15) is 12.0 Å². The number of imidazole rings is 1. The van der Waals surface area contributed by atoms with E-state index in [1.807, 2.05) is 12.4 Å². The summed E-state index contributed by atoms with van der Waals surface area (Å²) in [4.78, 5) is 10.1. The van der Waals surface area contributed by atoms with Gasteiger partial charge in [-0.1, -0.05) is 0 Å². The molecule has 6 heterocycles. The molecular weight excluding hydrogens is 350 g/mol. The SMILES string of the molecule is CC1=CNC2NC=C(c3cc4n(n3)CCC43CCN(Cc4ncc[nH]4)C3)C=C12. The molecule has 0 radical (unpaired) electrons. The number of aromatic nitrogens is 4. The van der Waals surface area contributed by atoms with Gasteiger partial charge in [0.25, 0.3) is 0 Å². The van der Waals surface area contributed by atoms with Crippen LogP contribution in [0.15, 0.2) is 48.1 Å². The molecule has 2 aromatic rings. The first-order chi connectivity index (χ1) is 13.7. The van der Waals surface area contributed by atoms with E-state index in [0.29, 0.717) is 0 Å². The lowest BCUT2D eigenvalue weighted by molar-refractivity contribution is 0.295. The molecule has 7 heteroatoms. The zero-order valence-corrected chi connectivity index (χ0v) is 16.1. The molecule has 28 heavy (non-hydrogen) atoms. The van der Waals surface area contributed by atoms with Gasteiger partial charge in [0.2, 0.25) is 0 Å². The smallest absolute Gasteiger partial charge is 0.123 e. The lowest BCUT2D eigenvalue weighted by atomic mass is 9.82. The summed E-state index contributed by atoms with van der Waals surface area (Å²) in [5.41, 5.74) is 6.49. The molecule has 7 nitrogen and oxygen atoms in total. The second-order valence-corrected chi connectivity index (χ2v) is 8.46. The highest BCUT2D eigenvalue weighted by atomic mass is 15.3. The fraction of sp³-hybridized carbons (Fsp3) is 0.429. The van der Waals surface area contributed by atoms with Gasteiger partial charge in [-0.2, -0.15) is 5.10 Å². The Hall–Kier alpha value is -2.80. The van der Waals surface area contributed by atoms with E-state index >= 15 is 0 Å². The molecule has 1 spiro atoms. The standard InChI is InChI=1S/C21H25N7/c1-14-10-24-20-16(14)8-15(11-25-20)17-9-18-21(3-7-28(18)26-17)2-6-27(13-21)12-19-22-4-5-23-19/h4-5,8-11,20,24-25H,2-3,6-7,12-13H2,1H3,(H,22,23). The van der Waals surface area contributed by atoms with E-state index in [2.05, 4.69) is 61.6 Å². The van der Waals surface area contributed by atoms with Crippen molar-refractivity contribution in [3.05, 3.63) is 65.3 Å². The second kappa shape index (κ2) is 5.85. The summed E-state index contributed by atoms with van der Waals surface area (Å²) in [6.45, 7) is 6.27. The van der Waals surface area contributed by atoms with Crippen molar-refractivity contribution in [1.29, 1.82) is 0 Å². The number of dihydropyridines is 1. The summed E-state index contributed by atoms with van der Waals surface area (Å²) in [7, 11) is 0. The molecule has 2 unspecified atom stereocenters. The van der Waals surface area contributed by atoms with Crippen LogP contribution in [0.25, 0.3) is 5.57 Å². The number of fused-ring (bicyclic) bond motifs is 3. The Morgan fingerprint density at radius 3 is 3.00 bits per heavy atom. The van der Waals surface area contributed by atoms with Crippen molar-refractivity contribution in [2.45, 2.75) is 44.4 Å². The predicted molar refractivity (Wildman–Crippen MR) is 107 cm³/mol. The van der Waals surface area contributed by atoms with Gasteiger partial charge in [0.05, 0.1) is 12.2 Å². The molecule has 2 aromatic heterocycles. The number of rotatable bonds is 3. The first-order valence-electron chi connectivity index (χ1n) is 10.1. The van der Waals surface area contributed by atoms with Gasteiger partial charge in [-0.05, 0) is 49.6 Å². The minimum Gasteiger partial charge on any atom is -0.367 e. The highest BCUT2D eigenvalue weighted by molar-refractivity contribution is 5.76. The maximum absolute atomic E-state index is 4.96. The largest absolute Gasteiger partial charge is 0.367 e. The van der Waals surface area contributed by atoms with Crippen LogP contribution in [-0.2, 0) is 18.5 Å². The molecule has 6 rings (SSSR count). The Labute approximate surface area is 164 Å². The van der Waals surface area contributed by atoms with Crippen LogP contribution in [0.5, 0.6) is 0 Å². The van der Waals surface area contributed by atoms with E-state index in [4.69, 9.17) is 5.10 Å². The highest BCUT2D eigenvalue weighted by Crippen LogP contribution is 2.43. The van der Waals surface area contributed by atoms with E-state index in [9.17, 15) is 0 Å². The molecule has 0 amide bonds. The van der Waals surface area contributed by atoms with Crippen molar-refractivity contribution in [1.82, 2.24) is 35.3 Å². The molecular formula is C21H25N7. The molecule has 144 valence electrons. The molecule has 3 N–H and O–H groups in total. The quantitative estimate of drug-likeness (QED) is 0.764. The Morgan fingerprint density at radius 1 is 1.21 bits per heavy atom. The maximum Gasteiger partial charge on any atom is 0.123 e. The van der Waals surface area contributed by atoms with Gasteiger partial charge in [0.15, 0.2) is 0 Å². The zero-order valence-electron chi connectivity index (χ0n) is 16.1. The number of aryl methyl sites for hydroxylation is 1. The van der Waals surface area contributed by atoms with Crippen LogP contribution in [0, 0.1) is 0 Å². The Kier molecular flexibility index (Phi) is 3.38. The van der Waals surface area contributed by atoms with Crippen LogP contribution < -0.4 is 10.6 Å². The van der Waals surface area contributed by atoms with Gasteiger partial charge >= 0.3 is 0 Å². The number of H-pyrrole nitrogens is 1. The third-order valence-corrected chi connectivity index (χ3v) is 6.73. The first-order valence-corrected chi connectivity index (χ1v) is 10.1. The fourth-order valence-corrected chi connectivity index (χ4v) is 5.18. The number of nitrogens with zero attached hydrogens (tertiary/aromatic N) is 4. The van der Waals surface area contributed by atoms with Crippen molar-refractivity contribution >= 4 is 5.57 Å². The normalized spacial score (nSPS) is 28.5. The minimum absolute atomic E-state index is 0.203. The lowest BCUT2D eigenvalue weighted by Gasteiger charge is -2.23. The lowest BCUT2D eigenvalue weighted by Crippen LogP contribution is -2.36. The molecule has 1 fully saturated rings. The summed E-state index contributed by atoms with van der Waals surface area (Å²) in [6, 6.07) is 2.33. The van der Waals surface area contributed by atoms with Crippen molar-refractivity contribution < 1.29 is 0 Å². The summed E-state index contributed by atoms with van der Waals surface area (Å²) in [5, 5.41) is 11.8. The van der Waals surface area contributed by atoms with Crippen LogP contribution in [-0.4, -0.2) is 43.9 Å². The topological polar surface area (TPSA) is 73.8 Å². The Morgan fingerprint density at radius 2 is 2.11 bits per heavy atom. The first kappa shape index (κ1) is 16.2. The van der Waals surface area contributed by atoms with Gasteiger partial charge < -0.3 is 15.6 Å². The number of aromatic amines is 1. The Bertz CT molecular complexity index is 1010. The van der Waals surface area contributed by atoms with Crippen LogP contribution in [0.2, 0.25) is 0 Å². The van der Waals surface area contributed by atoms with Crippen molar-refractivity contribution in [2.75, 3.05) is 13.1 Å². The molecule has 0 saturated carbocycles. The third-order valence-electron chi connectivity index (χ3n) is 6.73. The number of likely N-dealkylation sites (tertiary alicyclic amines) is 1. The monoisotopic (exact) mass is 375 g/mol. The van der Waals surface area contributed by atoms with Gasteiger partial charge in [-0.25, -0.2) is 4.98 Å². The molecule has 0 aliphatic carbocycles. The molecule has 1 saturated heterocycles. The molecule has 4 aliphatic heterocycles.